The maximum Gasteiger partial charge on any atom is 0.140 e. The van der Waals surface area contributed by atoms with Gasteiger partial charge in [-0.1, -0.05) is 0 Å². The van der Waals surface area contributed by atoms with Crippen LogP contribution >= 0.6 is 0 Å². The number of methoxy groups -OCH3 is 1. The minimum absolute atomic E-state index is 0.0979. The molecule has 2 N–H and O–H groups in total. The van der Waals surface area contributed by atoms with Gasteiger partial charge in [0.15, 0.2) is 0 Å². The number of ether oxygens (including phenoxy) is 1. The summed E-state index contributed by atoms with van der Waals surface area (Å²) in [5.74, 6) is 0.378. The number of aryl methyl sites for hydroxylation is 1. The molecule has 0 fully saturated rings. The molecule has 0 aliphatic rings. The summed E-state index contributed by atoms with van der Waals surface area (Å²) >= 11 is -2.46. The predicted molar refractivity (Wildman–Crippen MR) is 51.9 cm³/mol. The summed E-state index contributed by atoms with van der Waals surface area (Å²) in [7, 11) is 1.47. The third-order valence-electron chi connectivity index (χ3n) is 1.71. The molecule has 0 saturated heterocycles. The summed E-state index contributed by atoms with van der Waals surface area (Å²) in [6, 6.07) is 2.84. The summed E-state index contributed by atoms with van der Waals surface area (Å²) in [5.41, 5.74) is 0.827. The lowest BCUT2D eigenvalue weighted by Crippen LogP contribution is -2.03. The molecular weight excluding hydrogens is 206 g/mol. The Morgan fingerprint density at radius 2 is 2.21 bits per heavy atom. The molecule has 1 aromatic rings. The minimum Gasteiger partial charge on any atom is -0.755 e. The summed E-state index contributed by atoms with van der Waals surface area (Å²) in [6.07, 6.45) is 0. The van der Waals surface area contributed by atoms with Crippen LogP contribution in [0.4, 0.5) is 5.69 Å². The molecule has 0 radical (unpaired) electrons. The maximum atomic E-state index is 10.3. The molecule has 0 heterocycles. The van der Waals surface area contributed by atoms with Crippen LogP contribution in [0.2, 0.25) is 0 Å². The van der Waals surface area contributed by atoms with Crippen molar-refractivity contribution in [3.05, 3.63) is 17.7 Å². The standard InChI is InChI=1S/C8H11NO4S/c1-5-3-7(10)6(9-14(11)12)4-8(5)13-2/h3-4,9-10H,1-2H3,(H,11,12)/p-1. The van der Waals surface area contributed by atoms with Crippen LogP contribution in [0.5, 0.6) is 11.5 Å². The van der Waals surface area contributed by atoms with Crippen molar-refractivity contribution >= 4 is 17.0 Å². The van der Waals surface area contributed by atoms with E-state index in [1.807, 2.05) is 0 Å². The lowest BCUT2D eigenvalue weighted by atomic mass is 10.2. The Kier molecular flexibility index (Phi) is 3.32. The Hall–Kier alpha value is -1.27. The van der Waals surface area contributed by atoms with Gasteiger partial charge in [-0.2, -0.15) is 0 Å². The first-order valence-electron chi connectivity index (χ1n) is 3.78. The van der Waals surface area contributed by atoms with Crippen molar-refractivity contribution < 1.29 is 18.6 Å². The smallest absolute Gasteiger partial charge is 0.140 e. The van der Waals surface area contributed by atoms with Gasteiger partial charge in [-0.15, -0.1) is 0 Å². The van der Waals surface area contributed by atoms with E-state index in [1.54, 1.807) is 6.92 Å². The highest BCUT2D eigenvalue weighted by Gasteiger charge is 2.06. The van der Waals surface area contributed by atoms with E-state index in [0.29, 0.717) is 5.75 Å². The van der Waals surface area contributed by atoms with E-state index in [1.165, 1.54) is 19.2 Å². The van der Waals surface area contributed by atoms with Crippen molar-refractivity contribution in [1.29, 1.82) is 0 Å². The van der Waals surface area contributed by atoms with Crippen molar-refractivity contribution in [2.45, 2.75) is 6.92 Å². The van der Waals surface area contributed by atoms with Crippen molar-refractivity contribution in [1.82, 2.24) is 0 Å². The molecule has 0 spiro atoms. The van der Waals surface area contributed by atoms with Gasteiger partial charge in [0.2, 0.25) is 0 Å². The molecule has 0 amide bonds. The number of anilines is 1. The third kappa shape index (κ3) is 2.36. The average molecular weight is 216 g/mol. The van der Waals surface area contributed by atoms with Crippen molar-refractivity contribution in [3.8, 4) is 11.5 Å². The van der Waals surface area contributed by atoms with Gasteiger partial charge in [0.25, 0.3) is 0 Å². The highest BCUT2D eigenvalue weighted by molar-refractivity contribution is 7.80. The highest BCUT2D eigenvalue weighted by atomic mass is 32.2. The fourth-order valence-corrected chi connectivity index (χ4v) is 1.41. The van der Waals surface area contributed by atoms with Gasteiger partial charge in [-0.05, 0) is 18.6 Å². The molecule has 0 bridgehead atoms. The van der Waals surface area contributed by atoms with E-state index >= 15 is 0 Å². The molecule has 78 valence electrons. The number of benzene rings is 1. The number of nitrogens with one attached hydrogen (secondary N) is 1. The molecule has 0 aliphatic carbocycles. The fraction of sp³-hybridized carbons (Fsp3) is 0.250. The Bertz CT molecular complexity index is 367. The molecule has 1 rings (SSSR count). The van der Waals surface area contributed by atoms with Crippen LogP contribution in [0.25, 0.3) is 0 Å². The third-order valence-corrected chi connectivity index (χ3v) is 2.09. The normalized spacial score (nSPS) is 12.2. The Morgan fingerprint density at radius 1 is 1.57 bits per heavy atom. The highest BCUT2D eigenvalue weighted by Crippen LogP contribution is 2.31. The van der Waals surface area contributed by atoms with Gasteiger partial charge in [-0.25, -0.2) is 0 Å². The lowest BCUT2D eigenvalue weighted by molar-refractivity contribution is 0.409. The first kappa shape index (κ1) is 10.8. The van der Waals surface area contributed by atoms with E-state index in [4.69, 9.17) is 4.74 Å². The van der Waals surface area contributed by atoms with Gasteiger partial charge in [0.1, 0.15) is 11.5 Å². The number of rotatable bonds is 3. The van der Waals surface area contributed by atoms with Crippen LogP contribution in [-0.4, -0.2) is 21.0 Å². The molecule has 14 heavy (non-hydrogen) atoms. The first-order chi connectivity index (χ1) is 6.54. The first-order valence-corrected chi connectivity index (χ1v) is 4.85. The Balaban J connectivity index is 3.10. The van der Waals surface area contributed by atoms with Crippen LogP contribution in [0.3, 0.4) is 0 Å². The van der Waals surface area contributed by atoms with Crippen LogP contribution in [0.15, 0.2) is 12.1 Å². The molecule has 0 saturated carbocycles. The molecule has 6 heteroatoms. The molecule has 5 nitrogen and oxygen atoms in total. The van der Waals surface area contributed by atoms with Crippen LogP contribution in [0, 0.1) is 6.92 Å². The van der Waals surface area contributed by atoms with Gasteiger partial charge >= 0.3 is 0 Å². The molecule has 1 atom stereocenters. The number of hydrogen-bond acceptors (Lipinski definition) is 4. The minimum atomic E-state index is -2.46. The zero-order valence-corrected chi connectivity index (χ0v) is 8.55. The van der Waals surface area contributed by atoms with E-state index in [-0.39, 0.29) is 11.4 Å². The second kappa shape index (κ2) is 4.30. The Labute approximate surface area is 84.1 Å². The van der Waals surface area contributed by atoms with Gasteiger partial charge in [0.05, 0.1) is 12.8 Å². The van der Waals surface area contributed by atoms with Crippen LogP contribution in [-0.2, 0) is 11.3 Å². The number of phenolic OH excluding ortho intramolecular Hbond substituents is 1. The molecule has 0 aromatic heterocycles. The monoisotopic (exact) mass is 216 g/mol. The molecule has 0 aliphatic heterocycles. The summed E-state index contributed by atoms with van der Waals surface area (Å²) in [4.78, 5) is 0. The Morgan fingerprint density at radius 3 is 2.71 bits per heavy atom. The zero-order chi connectivity index (χ0) is 10.7. The van der Waals surface area contributed by atoms with E-state index in [9.17, 15) is 13.9 Å². The lowest BCUT2D eigenvalue weighted by Gasteiger charge is -2.13. The fourth-order valence-electron chi connectivity index (χ4n) is 1.06. The second-order valence-electron chi connectivity index (χ2n) is 2.68. The van der Waals surface area contributed by atoms with E-state index in [0.717, 1.165) is 5.56 Å². The van der Waals surface area contributed by atoms with Crippen molar-refractivity contribution in [2.75, 3.05) is 11.8 Å². The van der Waals surface area contributed by atoms with Gasteiger partial charge in [0, 0.05) is 17.3 Å². The van der Waals surface area contributed by atoms with Crippen molar-refractivity contribution in [3.63, 3.8) is 0 Å². The van der Waals surface area contributed by atoms with Crippen LogP contribution < -0.4 is 9.46 Å². The quantitative estimate of drug-likeness (QED) is 0.581. The second-order valence-corrected chi connectivity index (χ2v) is 3.35. The van der Waals surface area contributed by atoms with Crippen LogP contribution in [0.1, 0.15) is 5.56 Å². The average Bonchev–Trinajstić information content (AvgIpc) is 2.09. The predicted octanol–water partition coefficient (Wildman–Crippen LogP) is 0.915. The molecule has 1 aromatic carbocycles. The van der Waals surface area contributed by atoms with Gasteiger partial charge in [-0.3, -0.25) is 4.21 Å². The maximum absolute atomic E-state index is 10.3. The van der Waals surface area contributed by atoms with E-state index in [2.05, 4.69) is 4.72 Å². The van der Waals surface area contributed by atoms with Crippen molar-refractivity contribution in [2.24, 2.45) is 0 Å². The van der Waals surface area contributed by atoms with E-state index < -0.39 is 11.3 Å². The van der Waals surface area contributed by atoms with Gasteiger partial charge < -0.3 is 19.1 Å². The summed E-state index contributed by atoms with van der Waals surface area (Å²) in [5, 5.41) is 9.37. The summed E-state index contributed by atoms with van der Waals surface area (Å²) < 4.78 is 27.7. The number of phenols is 1. The number of aromatic hydroxyl groups is 1. The largest absolute Gasteiger partial charge is 0.755 e. The zero-order valence-electron chi connectivity index (χ0n) is 7.73. The topological polar surface area (TPSA) is 81.6 Å². The molecular formula is C8H10NO4S-. The SMILES string of the molecule is COc1cc(NS(=O)[O-])c(O)cc1C. The summed E-state index contributed by atoms with van der Waals surface area (Å²) in [6.45, 7) is 1.75. The molecule has 1 unspecified atom stereocenters. The number of hydrogen-bond donors (Lipinski definition) is 2.